The van der Waals surface area contributed by atoms with Gasteiger partial charge >= 0.3 is 5.51 Å². The van der Waals surface area contributed by atoms with E-state index < -0.39 is 5.51 Å². The molecule has 0 aromatic heterocycles. The van der Waals surface area contributed by atoms with Crippen LogP contribution in [0, 0.1) is 18.3 Å². The number of rotatable bonds is 4. The Hall–Kier alpha value is -1.35. The molecule has 0 radical (unpaired) electrons. The summed E-state index contributed by atoms with van der Waals surface area (Å²) >= 11 is -0.0733. The van der Waals surface area contributed by atoms with E-state index in [9.17, 15) is 13.2 Å². The van der Waals surface area contributed by atoms with E-state index in [4.69, 9.17) is 5.26 Å². The number of nitrogens with one attached hydrogen (secondary N) is 1. The van der Waals surface area contributed by atoms with Crippen LogP contribution in [0.5, 0.6) is 0 Å². The first-order chi connectivity index (χ1) is 7.94. The third-order valence-electron chi connectivity index (χ3n) is 2.06. The summed E-state index contributed by atoms with van der Waals surface area (Å²) in [7, 11) is 0. The molecule has 0 aliphatic heterocycles. The van der Waals surface area contributed by atoms with E-state index in [1.165, 1.54) is 0 Å². The van der Waals surface area contributed by atoms with E-state index >= 15 is 0 Å². The van der Waals surface area contributed by atoms with Crippen molar-refractivity contribution in [2.24, 2.45) is 0 Å². The van der Waals surface area contributed by atoms with Crippen LogP contribution >= 0.6 is 11.8 Å². The number of hydrogen-bond donors (Lipinski definition) is 1. The Balaban J connectivity index is 2.55. The van der Waals surface area contributed by atoms with Gasteiger partial charge in [-0.25, -0.2) is 0 Å². The van der Waals surface area contributed by atoms with Crippen molar-refractivity contribution in [1.29, 1.82) is 5.26 Å². The van der Waals surface area contributed by atoms with Crippen molar-refractivity contribution in [2.75, 3.05) is 17.6 Å². The largest absolute Gasteiger partial charge is 0.441 e. The van der Waals surface area contributed by atoms with Crippen LogP contribution in [-0.4, -0.2) is 17.8 Å². The van der Waals surface area contributed by atoms with Gasteiger partial charge in [-0.15, -0.1) is 0 Å². The van der Waals surface area contributed by atoms with E-state index in [0.717, 1.165) is 5.56 Å². The Morgan fingerprint density at radius 2 is 2.12 bits per heavy atom. The van der Waals surface area contributed by atoms with Crippen LogP contribution in [-0.2, 0) is 0 Å². The number of thioether (sulfide) groups is 1. The molecule has 0 heterocycles. The molecule has 2 nitrogen and oxygen atoms in total. The lowest BCUT2D eigenvalue weighted by Gasteiger charge is -2.11. The Bertz CT molecular complexity index is 424. The molecule has 1 aromatic rings. The highest BCUT2D eigenvalue weighted by Crippen LogP contribution is 2.29. The fraction of sp³-hybridized carbons (Fsp3) is 0.364. The molecule has 0 aliphatic carbocycles. The number of anilines is 1. The first kappa shape index (κ1) is 13.7. The smallest absolute Gasteiger partial charge is 0.383 e. The molecule has 92 valence electrons. The van der Waals surface area contributed by atoms with Gasteiger partial charge in [0.1, 0.15) is 6.07 Å². The number of nitrogens with zero attached hydrogens (tertiary/aromatic N) is 1. The quantitative estimate of drug-likeness (QED) is 0.841. The van der Waals surface area contributed by atoms with E-state index in [2.05, 4.69) is 5.32 Å². The van der Waals surface area contributed by atoms with Crippen molar-refractivity contribution in [1.82, 2.24) is 0 Å². The van der Waals surface area contributed by atoms with Crippen molar-refractivity contribution in [3.63, 3.8) is 0 Å². The topological polar surface area (TPSA) is 35.8 Å². The number of benzene rings is 1. The predicted octanol–water partition coefficient (Wildman–Crippen LogP) is 3.53. The van der Waals surface area contributed by atoms with Crippen LogP contribution < -0.4 is 5.32 Å². The third-order valence-corrected chi connectivity index (χ3v) is 2.80. The van der Waals surface area contributed by atoms with Gasteiger partial charge in [-0.3, -0.25) is 0 Å². The summed E-state index contributed by atoms with van der Waals surface area (Å²) in [6, 6.07) is 7.18. The Morgan fingerprint density at radius 1 is 1.41 bits per heavy atom. The molecule has 0 spiro atoms. The second kappa shape index (κ2) is 5.82. The van der Waals surface area contributed by atoms with Crippen molar-refractivity contribution in [3.8, 4) is 6.07 Å². The van der Waals surface area contributed by atoms with Gasteiger partial charge in [-0.05, 0) is 30.3 Å². The maximum Gasteiger partial charge on any atom is 0.441 e. The van der Waals surface area contributed by atoms with Crippen molar-refractivity contribution in [3.05, 3.63) is 29.3 Å². The van der Waals surface area contributed by atoms with Gasteiger partial charge in [-0.2, -0.15) is 18.4 Å². The normalized spacial score (nSPS) is 11.0. The summed E-state index contributed by atoms with van der Waals surface area (Å²) in [6.45, 7) is 1.98. The van der Waals surface area contributed by atoms with Gasteiger partial charge in [0.05, 0.1) is 11.3 Å². The Labute approximate surface area is 102 Å². The molecule has 0 atom stereocenters. The second-order valence-corrected chi connectivity index (χ2v) is 4.49. The van der Waals surface area contributed by atoms with Gasteiger partial charge in [0.15, 0.2) is 0 Å². The molecule has 6 heteroatoms. The van der Waals surface area contributed by atoms with E-state index in [1.807, 2.05) is 6.07 Å². The summed E-state index contributed by atoms with van der Waals surface area (Å²) < 4.78 is 35.7. The number of hydrogen-bond acceptors (Lipinski definition) is 3. The van der Waals surface area contributed by atoms with Gasteiger partial charge in [0.2, 0.25) is 0 Å². The molecule has 17 heavy (non-hydrogen) atoms. The summed E-state index contributed by atoms with van der Waals surface area (Å²) in [6.07, 6.45) is 0. The SMILES string of the molecule is Cc1cccc(C#N)c1NCCSC(F)(F)F. The number of nitriles is 1. The third kappa shape index (κ3) is 4.57. The molecule has 0 aliphatic rings. The maximum absolute atomic E-state index is 11.9. The molecule has 0 saturated heterocycles. The standard InChI is InChI=1S/C11H11F3N2S/c1-8-3-2-4-9(7-15)10(8)16-5-6-17-11(12,13)14/h2-4,16H,5-6H2,1H3. The second-order valence-electron chi connectivity index (χ2n) is 3.33. The zero-order valence-corrected chi connectivity index (χ0v) is 9.95. The molecule has 0 unspecified atom stereocenters. The molecule has 1 N–H and O–H groups in total. The van der Waals surface area contributed by atoms with Crippen molar-refractivity contribution < 1.29 is 13.2 Å². The lowest BCUT2D eigenvalue weighted by molar-refractivity contribution is -0.0327. The fourth-order valence-electron chi connectivity index (χ4n) is 1.34. The first-order valence-electron chi connectivity index (χ1n) is 4.88. The minimum absolute atomic E-state index is 0.0733. The van der Waals surface area contributed by atoms with Gasteiger partial charge in [0, 0.05) is 12.3 Å². The molecule has 1 aromatic carbocycles. The zero-order valence-electron chi connectivity index (χ0n) is 9.14. The van der Waals surface area contributed by atoms with E-state index in [-0.39, 0.29) is 24.1 Å². The highest BCUT2D eigenvalue weighted by atomic mass is 32.2. The van der Waals surface area contributed by atoms with Crippen LogP contribution in [0.4, 0.5) is 18.9 Å². The number of halogens is 3. The van der Waals surface area contributed by atoms with Gasteiger partial charge in [0.25, 0.3) is 0 Å². The van der Waals surface area contributed by atoms with Crippen LogP contribution in [0.15, 0.2) is 18.2 Å². The molecule has 0 amide bonds. The molecule has 0 saturated carbocycles. The number of aryl methyl sites for hydroxylation is 1. The monoisotopic (exact) mass is 260 g/mol. The first-order valence-corrected chi connectivity index (χ1v) is 5.87. The van der Waals surface area contributed by atoms with E-state index in [1.54, 1.807) is 25.1 Å². The lowest BCUT2D eigenvalue weighted by atomic mass is 10.1. The molecular weight excluding hydrogens is 249 g/mol. The minimum Gasteiger partial charge on any atom is -0.383 e. The van der Waals surface area contributed by atoms with Crippen molar-refractivity contribution in [2.45, 2.75) is 12.4 Å². The molecule has 0 bridgehead atoms. The maximum atomic E-state index is 11.9. The summed E-state index contributed by atoms with van der Waals surface area (Å²) in [5.41, 5.74) is -2.30. The fourth-order valence-corrected chi connectivity index (χ4v) is 1.77. The van der Waals surface area contributed by atoms with Gasteiger partial charge in [-0.1, -0.05) is 12.1 Å². The number of para-hydroxylation sites is 1. The Kier molecular flexibility index (Phi) is 4.70. The average Bonchev–Trinajstić information content (AvgIpc) is 2.24. The molecule has 1 rings (SSSR count). The lowest BCUT2D eigenvalue weighted by Crippen LogP contribution is -2.11. The van der Waals surface area contributed by atoms with Crippen LogP contribution in [0.1, 0.15) is 11.1 Å². The van der Waals surface area contributed by atoms with Crippen LogP contribution in [0.2, 0.25) is 0 Å². The highest BCUT2D eigenvalue weighted by Gasteiger charge is 2.27. The zero-order chi connectivity index (χ0) is 12.9. The van der Waals surface area contributed by atoms with Crippen LogP contribution in [0.25, 0.3) is 0 Å². The van der Waals surface area contributed by atoms with Crippen molar-refractivity contribution >= 4 is 17.4 Å². The van der Waals surface area contributed by atoms with Crippen LogP contribution in [0.3, 0.4) is 0 Å². The van der Waals surface area contributed by atoms with Gasteiger partial charge < -0.3 is 5.32 Å². The highest BCUT2D eigenvalue weighted by molar-refractivity contribution is 8.00. The summed E-state index contributed by atoms with van der Waals surface area (Å²) in [5, 5.41) is 11.7. The minimum atomic E-state index is -4.20. The predicted molar refractivity (Wildman–Crippen MR) is 62.9 cm³/mol. The Morgan fingerprint density at radius 3 is 2.71 bits per heavy atom. The summed E-state index contributed by atoms with van der Waals surface area (Å²) in [5.74, 6) is -0.0807. The summed E-state index contributed by atoms with van der Waals surface area (Å²) in [4.78, 5) is 0. The number of alkyl halides is 3. The average molecular weight is 260 g/mol. The van der Waals surface area contributed by atoms with E-state index in [0.29, 0.717) is 11.3 Å². The molecular formula is C11H11F3N2S. The molecule has 0 fully saturated rings.